The second-order valence-electron chi connectivity index (χ2n) is 5.39. The number of ether oxygens (including phenoxy) is 3. The van der Waals surface area contributed by atoms with Gasteiger partial charge >= 0.3 is 11.9 Å². The molecule has 0 saturated heterocycles. The van der Waals surface area contributed by atoms with Gasteiger partial charge in [0.1, 0.15) is 0 Å². The van der Waals surface area contributed by atoms with E-state index in [0.717, 1.165) is 12.8 Å². The predicted molar refractivity (Wildman–Crippen MR) is 87.9 cm³/mol. The van der Waals surface area contributed by atoms with Crippen LogP contribution in [-0.2, 0) is 9.59 Å². The van der Waals surface area contributed by atoms with E-state index in [4.69, 9.17) is 14.2 Å². The number of hydrogen-bond acceptors (Lipinski definition) is 5. The third kappa shape index (κ3) is 7.68. The van der Waals surface area contributed by atoms with Gasteiger partial charge in [0.2, 0.25) is 5.75 Å². The summed E-state index contributed by atoms with van der Waals surface area (Å²) < 4.78 is 15.9. The van der Waals surface area contributed by atoms with Gasteiger partial charge in [-0.3, -0.25) is 9.59 Å². The van der Waals surface area contributed by atoms with Crippen LogP contribution in [0.1, 0.15) is 59.3 Å². The SMILES string of the molecule is CCCCCCCCOc1cccc(OC(C)=O)c1OC(C)=O. The maximum atomic E-state index is 11.3. The van der Waals surface area contributed by atoms with Crippen molar-refractivity contribution in [1.29, 1.82) is 0 Å². The summed E-state index contributed by atoms with van der Waals surface area (Å²) in [5, 5.41) is 0. The largest absolute Gasteiger partial charge is 0.490 e. The van der Waals surface area contributed by atoms with Crippen LogP contribution in [0.4, 0.5) is 0 Å². The van der Waals surface area contributed by atoms with E-state index in [1.165, 1.54) is 39.5 Å². The van der Waals surface area contributed by atoms with Crippen molar-refractivity contribution in [2.45, 2.75) is 59.3 Å². The Hall–Kier alpha value is -2.04. The molecule has 5 nitrogen and oxygen atoms in total. The summed E-state index contributed by atoms with van der Waals surface area (Å²) in [7, 11) is 0. The molecule has 0 N–H and O–H groups in total. The molecule has 0 fully saturated rings. The van der Waals surface area contributed by atoms with E-state index in [-0.39, 0.29) is 11.5 Å². The monoisotopic (exact) mass is 322 g/mol. The van der Waals surface area contributed by atoms with Crippen LogP contribution < -0.4 is 14.2 Å². The highest BCUT2D eigenvalue weighted by molar-refractivity contribution is 5.75. The number of carbonyl (C=O) groups excluding carboxylic acids is 2. The first kappa shape index (κ1) is 19.0. The minimum absolute atomic E-state index is 0.154. The van der Waals surface area contributed by atoms with Gasteiger partial charge in [-0.15, -0.1) is 0 Å². The minimum atomic E-state index is -0.492. The number of esters is 2. The Bertz CT molecular complexity index is 510. The van der Waals surface area contributed by atoms with Crippen LogP contribution in [0, 0.1) is 0 Å². The summed E-state index contributed by atoms with van der Waals surface area (Å²) in [4.78, 5) is 22.4. The molecule has 128 valence electrons. The topological polar surface area (TPSA) is 61.8 Å². The van der Waals surface area contributed by atoms with E-state index in [0.29, 0.717) is 12.4 Å². The Morgan fingerprint density at radius 2 is 1.48 bits per heavy atom. The fourth-order valence-electron chi connectivity index (χ4n) is 2.15. The highest BCUT2D eigenvalue weighted by Crippen LogP contribution is 2.37. The first-order chi connectivity index (χ1) is 11.0. The summed E-state index contributed by atoms with van der Waals surface area (Å²) in [5.74, 6) is -0.220. The van der Waals surface area contributed by atoms with Crippen molar-refractivity contribution in [3.8, 4) is 17.2 Å². The second-order valence-corrected chi connectivity index (χ2v) is 5.39. The zero-order valence-electron chi connectivity index (χ0n) is 14.2. The Morgan fingerprint density at radius 1 is 0.870 bits per heavy atom. The highest BCUT2D eigenvalue weighted by atomic mass is 16.6. The molecule has 1 aromatic carbocycles. The predicted octanol–water partition coefficient (Wildman–Crippen LogP) is 4.28. The third-order valence-electron chi connectivity index (χ3n) is 3.20. The molecule has 0 aliphatic heterocycles. The standard InChI is InChI=1S/C18H26O5/c1-4-5-6-7-8-9-13-21-16-11-10-12-17(22-14(2)19)18(16)23-15(3)20/h10-12H,4-9,13H2,1-3H3. The van der Waals surface area contributed by atoms with Crippen LogP contribution in [0.2, 0.25) is 0 Å². The van der Waals surface area contributed by atoms with Crippen LogP contribution in [-0.4, -0.2) is 18.5 Å². The highest BCUT2D eigenvalue weighted by Gasteiger charge is 2.16. The van der Waals surface area contributed by atoms with Gasteiger partial charge in [0.25, 0.3) is 0 Å². The van der Waals surface area contributed by atoms with Crippen LogP contribution >= 0.6 is 0 Å². The van der Waals surface area contributed by atoms with Crippen molar-refractivity contribution in [3.63, 3.8) is 0 Å². The zero-order chi connectivity index (χ0) is 17.1. The van der Waals surface area contributed by atoms with Crippen molar-refractivity contribution < 1.29 is 23.8 Å². The average Bonchev–Trinajstić information content (AvgIpc) is 2.48. The van der Waals surface area contributed by atoms with Gasteiger partial charge in [-0.2, -0.15) is 0 Å². The average molecular weight is 322 g/mol. The van der Waals surface area contributed by atoms with Gasteiger partial charge in [0, 0.05) is 13.8 Å². The lowest BCUT2D eigenvalue weighted by molar-refractivity contribution is -0.134. The van der Waals surface area contributed by atoms with Crippen LogP contribution in [0.25, 0.3) is 0 Å². The first-order valence-corrected chi connectivity index (χ1v) is 8.17. The lowest BCUT2D eigenvalue weighted by Crippen LogP contribution is -2.09. The van der Waals surface area contributed by atoms with Gasteiger partial charge in [-0.1, -0.05) is 45.1 Å². The number of hydrogen-bond donors (Lipinski definition) is 0. The molecule has 0 atom stereocenters. The van der Waals surface area contributed by atoms with Crippen LogP contribution in [0.3, 0.4) is 0 Å². The zero-order valence-corrected chi connectivity index (χ0v) is 14.2. The van der Waals surface area contributed by atoms with Crippen molar-refractivity contribution >= 4 is 11.9 Å². The summed E-state index contributed by atoms with van der Waals surface area (Å²) in [6, 6.07) is 4.96. The number of benzene rings is 1. The summed E-state index contributed by atoms with van der Waals surface area (Å²) in [6.07, 6.45) is 6.97. The van der Waals surface area contributed by atoms with Crippen LogP contribution in [0.5, 0.6) is 17.2 Å². The lowest BCUT2D eigenvalue weighted by Gasteiger charge is -2.14. The fourth-order valence-corrected chi connectivity index (χ4v) is 2.15. The van der Waals surface area contributed by atoms with Gasteiger partial charge in [-0.05, 0) is 18.6 Å². The number of rotatable bonds is 10. The second kappa shape index (κ2) is 10.6. The maximum Gasteiger partial charge on any atom is 0.308 e. The Labute approximate surface area is 137 Å². The molecule has 0 radical (unpaired) electrons. The number of unbranched alkanes of at least 4 members (excludes halogenated alkanes) is 5. The smallest absolute Gasteiger partial charge is 0.308 e. The van der Waals surface area contributed by atoms with Crippen molar-refractivity contribution in [2.24, 2.45) is 0 Å². The van der Waals surface area contributed by atoms with E-state index in [1.54, 1.807) is 18.2 Å². The Kier molecular flexibility index (Phi) is 8.80. The molecule has 0 aromatic heterocycles. The molecular formula is C18H26O5. The number of para-hydroxylation sites is 1. The molecule has 0 amide bonds. The molecule has 0 unspecified atom stereocenters. The summed E-state index contributed by atoms with van der Waals surface area (Å²) in [6.45, 7) is 5.31. The summed E-state index contributed by atoms with van der Waals surface area (Å²) in [5.41, 5.74) is 0. The third-order valence-corrected chi connectivity index (χ3v) is 3.20. The molecule has 0 bridgehead atoms. The van der Waals surface area contributed by atoms with Gasteiger partial charge < -0.3 is 14.2 Å². The molecule has 23 heavy (non-hydrogen) atoms. The van der Waals surface area contributed by atoms with Crippen LogP contribution in [0.15, 0.2) is 18.2 Å². The van der Waals surface area contributed by atoms with E-state index in [9.17, 15) is 9.59 Å². The normalized spacial score (nSPS) is 10.2. The maximum absolute atomic E-state index is 11.3. The number of carbonyl (C=O) groups is 2. The first-order valence-electron chi connectivity index (χ1n) is 8.17. The molecule has 0 spiro atoms. The van der Waals surface area contributed by atoms with Gasteiger partial charge in [0.15, 0.2) is 11.5 Å². The molecule has 0 aliphatic rings. The van der Waals surface area contributed by atoms with E-state index in [1.807, 2.05) is 0 Å². The molecule has 5 heteroatoms. The lowest BCUT2D eigenvalue weighted by atomic mass is 10.1. The van der Waals surface area contributed by atoms with Gasteiger partial charge in [0.05, 0.1) is 6.61 Å². The fraction of sp³-hybridized carbons (Fsp3) is 0.556. The molecule has 1 rings (SSSR count). The van der Waals surface area contributed by atoms with E-state index < -0.39 is 11.9 Å². The summed E-state index contributed by atoms with van der Waals surface area (Å²) >= 11 is 0. The molecule has 0 heterocycles. The Balaban J connectivity index is 2.62. The molecule has 0 saturated carbocycles. The quantitative estimate of drug-likeness (QED) is 0.365. The van der Waals surface area contributed by atoms with E-state index >= 15 is 0 Å². The molecule has 1 aromatic rings. The van der Waals surface area contributed by atoms with Crippen molar-refractivity contribution in [1.82, 2.24) is 0 Å². The molecular weight excluding hydrogens is 296 g/mol. The minimum Gasteiger partial charge on any atom is -0.490 e. The van der Waals surface area contributed by atoms with Gasteiger partial charge in [-0.25, -0.2) is 0 Å². The Morgan fingerprint density at radius 3 is 2.13 bits per heavy atom. The van der Waals surface area contributed by atoms with Crippen molar-refractivity contribution in [3.05, 3.63) is 18.2 Å². The van der Waals surface area contributed by atoms with Crippen molar-refractivity contribution in [2.75, 3.05) is 6.61 Å². The van der Waals surface area contributed by atoms with E-state index in [2.05, 4.69) is 6.92 Å². The molecule has 0 aliphatic carbocycles.